The number of nitrogens with zero attached hydrogens (tertiary/aromatic N) is 1. The normalized spacial score (nSPS) is 27.6. The molecule has 0 bridgehead atoms. The van der Waals surface area contributed by atoms with Crippen molar-refractivity contribution in [3.05, 3.63) is 16.1 Å². The molecule has 0 atom stereocenters. The minimum absolute atomic E-state index is 0.482. The van der Waals surface area contributed by atoms with E-state index in [1.165, 1.54) is 29.1 Å². The smallest absolute Gasteiger partial charge is 0.0925 e. The Bertz CT molecular complexity index is 383. The quantitative estimate of drug-likeness (QED) is 0.842. The summed E-state index contributed by atoms with van der Waals surface area (Å²) in [6.07, 6.45) is 8.46. The first-order valence-corrected chi connectivity index (χ1v) is 8.33. The lowest BCUT2D eigenvalue weighted by Gasteiger charge is -2.36. The van der Waals surface area contributed by atoms with Gasteiger partial charge in [-0.25, -0.2) is 4.98 Å². The Hall–Kier alpha value is -0.450. The first-order valence-electron chi connectivity index (χ1n) is 7.52. The Morgan fingerprint density at radius 1 is 1.42 bits per heavy atom. The van der Waals surface area contributed by atoms with Crippen molar-refractivity contribution in [1.29, 1.82) is 0 Å². The molecule has 4 heteroatoms. The zero-order chi connectivity index (χ0) is 13.7. The van der Waals surface area contributed by atoms with Gasteiger partial charge in [-0.2, -0.15) is 0 Å². The number of hydrogen-bond acceptors (Lipinski definition) is 4. The van der Waals surface area contributed by atoms with Crippen LogP contribution in [-0.4, -0.2) is 22.2 Å². The third-order valence-electron chi connectivity index (χ3n) is 4.27. The van der Waals surface area contributed by atoms with Gasteiger partial charge in [0, 0.05) is 24.2 Å². The van der Waals surface area contributed by atoms with E-state index in [1.54, 1.807) is 11.3 Å². The van der Waals surface area contributed by atoms with Crippen LogP contribution < -0.4 is 5.32 Å². The summed E-state index contributed by atoms with van der Waals surface area (Å²) in [5, 5.41) is 15.1. The number of nitrogens with one attached hydrogen (secondary N) is 1. The van der Waals surface area contributed by atoms with Crippen LogP contribution in [0.15, 0.2) is 6.20 Å². The van der Waals surface area contributed by atoms with Gasteiger partial charge in [-0.15, -0.1) is 11.3 Å². The fraction of sp³-hybridized carbons (Fsp3) is 0.800. The molecule has 1 aromatic rings. The summed E-state index contributed by atoms with van der Waals surface area (Å²) in [6.45, 7) is 5.92. The van der Waals surface area contributed by atoms with E-state index in [4.69, 9.17) is 0 Å². The third kappa shape index (κ3) is 4.26. The molecule has 19 heavy (non-hydrogen) atoms. The molecular weight excluding hydrogens is 256 g/mol. The average Bonchev–Trinajstić information content (AvgIpc) is 2.87. The van der Waals surface area contributed by atoms with E-state index in [9.17, 15) is 5.11 Å². The second-order valence-electron chi connectivity index (χ2n) is 5.75. The van der Waals surface area contributed by atoms with Gasteiger partial charge >= 0.3 is 0 Å². The van der Waals surface area contributed by atoms with Gasteiger partial charge in [-0.3, -0.25) is 0 Å². The van der Waals surface area contributed by atoms with Crippen LogP contribution in [0.2, 0.25) is 0 Å². The highest BCUT2D eigenvalue weighted by Crippen LogP contribution is 2.33. The highest BCUT2D eigenvalue weighted by atomic mass is 32.1. The van der Waals surface area contributed by atoms with Crippen LogP contribution in [0.25, 0.3) is 0 Å². The monoisotopic (exact) mass is 282 g/mol. The number of aromatic nitrogens is 1. The summed E-state index contributed by atoms with van der Waals surface area (Å²) in [7, 11) is 0. The summed E-state index contributed by atoms with van der Waals surface area (Å²) in [5.74, 6) is 0.828. The van der Waals surface area contributed by atoms with Gasteiger partial charge in [0.1, 0.15) is 0 Å². The molecule has 0 aliphatic heterocycles. The van der Waals surface area contributed by atoms with Crippen molar-refractivity contribution in [3.63, 3.8) is 0 Å². The minimum atomic E-state index is -0.482. The van der Waals surface area contributed by atoms with Crippen molar-refractivity contribution in [3.8, 4) is 0 Å². The standard InChI is InChI=1S/C15H26N2OS/c1-3-12-5-7-15(18,8-6-12)11-16-9-13-10-17-14(4-2)19-13/h10,12,16,18H,3-9,11H2,1-2H3. The third-order valence-corrected chi connectivity index (χ3v) is 5.41. The highest BCUT2D eigenvalue weighted by molar-refractivity contribution is 7.11. The molecule has 1 fully saturated rings. The van der Waals surface area contributed by atoms with E-state index in [-0.39, 0.29) is 0 Å². The number of thiazole rings is 1. The Balaban J connectivity index is 1.73. The summed E-state index contributed by atoms with van der Waals surface area (Å²) in [6, 6.07) is 0. The van der Waals surface area contributed by atoms with Crippen molar-refractivity contribution in [2.45, 2.75) is 64.5 Å². The van der Waals surface area contributed by atoms with Crippen molar-refractivity contribution in [1.82, 2.24) is 10.3 Å². The Morgan fingerprint density at radius 3 is 2.74 bits per heavy atom. The lowest BCUT2D eigenvalue weighted by Crippen LogP contribution is -2.43. The van der Waals surface area contributed by atoms with E-state index >= 15 is 0 Å². The van der Waals surface area contributed by atoms with Gasteiger partial charge in [0.2, 0.25) is 0 Å². The second kappa shape index (κ2) is 6.82. The first kappa shape index (κ1) is 14.9. The molecule has 0 unspecified atom stereocenters. The molecule has 0 aromatic carbocycles. The minimum Gasteiger partial charge on any atom is -0.389 e. The topological polar surface area (TPSA) is 45.2 Å². The first-order chi connectivity index (χ1) is 9.15. The van der Waals surface area contributed by atoms with Crippen LogP contribution in [0, 0.1) is 5.92 Å². The van der Waals surface area contributed by atoms with Crippen LogP contribution in [-0.2, 0) is 13.0 Å². The van der Waals surface area contributed by atoms with Gasteiger partial charge in [0.05, 0.1) is 10.6 Å². The molecule has 3 nitrogen and oxygen atoms in total. The van der Waals surface area contributed by atoms with Crippen LogP contribution in [0.5, 0.6) is 0 Å². The van der Waals surface area contributed by atoms with Gasteiger partial charge in [-0.1, -0.05) is 20.3 Å². The SMILES string of the molecule is CCc1ncc(CNCC2(O)CCC(CC)CC2)s1. The lowest BCUT2D eigenvalue weighted by atomic mass is 9.78. The van der Waals surface area contributed by atoms with Crippen LogP contribution in [0.3, 0.4) is 0 Å². The van der Waals surface area contributed by atoms with Gasteiger partial charge in [0.15, 0.2) is 0 Å². The predicted octanol–water partition coefficient (Wildman–Crippen LogP) is 3.13. The van der Waals surface area contributed by atoms with Gasteiger partial charge in [-0.05, 0) is 38.0 Å². The Labute approximate surface area is 120 Å². The maximum atomic E-state index is 10.5. The zero-order valence-electron chi connectivity index (χ0n) is 12.1. The summed E-state index contributed by atoms with van der Waals surface area (Å²) >= 11 is 1.77. The van der Waals surface area contributed by atoms with Gasteiger partial charge in [0.25, 0.3) is 0 Å². The molecule has 0 spiro atoms. The zero-order valence-corrected chi connectivity index (χ0v) is 12.9. The molecule has 2 rings (SSSR count). The maximum Gasteiger partial charge on any atom is 0.0925 e. The fourth-order valence-electron chi connectivity index (χ4n) is 2.81. The van der Waals surface area contributed by atoms with E-state index in [2.05, 4.69) is 24.1 Å². The van der Waals surface area contributed by atoms with E-state index < -0.39 is 5.60 Å². The second-order valence-corrected chi connectivity index (χ2v) is 6.95. The van der Waals surface area contributed by atoms with Crippen LogP contribution in [0.1, 0.15) is 55.8 Å². The molecule has 0 amide bonds. The van der Waals surface area contributed by atoms with E-state index in [0.717, 1.165) is 31.7 Å². The summed E-state index contributed by atoms with van der Waals surface area (Å²) in [5.41, 5.74) is -0.482. The van der Waals surface area contributed by atoms with E-state index in [0.29, 0.717) is 6.54 Å². The molecule has 1 aromatic heterocycles. The molecule has 1 saturated carbocycles. The number of rotatable bonds is 6. The van der Waals surface area contributed by atoms with Crippen molar-refractivity contribution in [2.24, 2.45) is 5.92 Å². The molecule has 1 heterocycles. The molecule has 2 N–H and O–H groups in total. The van der Waals surface area contributed by atoms with Crippen LogP contribution >= 0.6 is 11.3 Å². The summed E-state index contributed by atoms with van der Waals surface area (Å²) in [4.78, 5) is 5.62. The van der Waals surface area contributed by atoms with Crippen molar-refractivity contribution in [2.75, 3.05) is 6.54 Å². The number of aliphatic hydroxyl groups is 1. The molecule has 108 valence electrons. The van der Waals surface area contributed by atoms with Gasteiger partial charge < -0.3 is 10.4 Å². The van der Waals surface area contributed by atoms with Crippen molar-refractivity contribution < 1.29 is 5.11 Å². The molecule has 0 radical (unpaired) electrons. The fourth-order valence-corrected chi connectivity index (χ4v) is 3.64. The number of aryl methyl sites for hydroxylation is 1. The Morgan fingerprint density at radius 2 is 2.16 bits per heavy atom. The molecule has 0 saturated heterocycles. The maximum absolute atomic E-state index is 10.5. The number of hydrogen-bond donors (Lipinski definition) is 2. The Kier molecular flexibility index (Phi) is 5.37. The lowest BCUT2D eigenvalue weighted by molar-refractivity contribution is -0.00877. The molecule has 1 aliphatic rings. The molecular formula is C15H26N2OS. The van der Waals surface area contributed by atoms with Crippen molar-refractivity contribution >= 4 is 11.3 Å². The molecule has 1 aliphatic carbocycles. The summed E-state index contributed by atoms with van der Waals surface area (Å²) < 4.78 is 0. The van der Waals surface area contributed by atoms with Crippen LogP contribution in [0.4, 0.5) is 0 Å². The highest BCUT2D eigenvalue weighted by Gasteiger charge is 2.32. The average molecular weight is 282 g/mol. The van der Waals surface area contributed by atoms with E-state index in [1.807, 2.05) is 6.20 Å². The predicted molar refractivity (Wildman–Crippen MR) is 80.4 cm³/mol. The largest absolute Gasteiger partial charge is 0.389 e.